The van der Waals surface area contributed by atoms with Crippen LogP contribution in [0.1, 0.15) is 163 Å². The standard InChI is InChI=1S/C67H118N12O15/c1-26-29-30-43(14)55(80)54-59(84)70-46(28-3)61(86)72(19)47(31-32-79(92)93)62(87)76(23)51(37-67(17,18)94-33-27-2)58(83)71-52(41(10)11)65(90)73(20)48(34-38(4)5)57(82)68-44(15)56(81)69-45(16)60(85)74(21)49(35-39(6)7)63(88)75(22)50(36-40(8)9)64(89)77(24)53(42(12)13)66(91)78(54)25/h26-27,29,38-55,80H,2,28,30-37H2,1,3-25H3,(H,68,82)(H,69,81)(H,70,84)(H,71,83)/b29-26+/t43-,44+,45-,46+,47?,48+,49+,50+,51+,52+,53+,54+,55-/m1/s1. The van der Waals surface area contributed by atoms with Crippen LogP contribution in [0.4, 0.5) is 0 Å². The first kappa shape index (κ1) is 85.0. The van der Waals surface area contributed by atoms with Gasteiger partial charge < -0.3 is 65.4 Å². The van der Waals surface area contributed by atoms with Crippen LogP contribution in [-0.2, 0) is 57.5 Å². The predicted molar refractivity (Wildman–Crippen MR) is 359 cm³/mol. The third kappa shape index (κ3) is 24.0. The molecule has 94 heavy (non-hydrogen) atoms. The minimum Gasteiger partial charge on any atom is -0.390 e. The lowest BCUT2D eigenvalue weighted by molar-refractivity contribution is -0.481. The number of amides is 11. The lowest BCUT2D eigenvalue weighted by Crippen LogP contribution is -2.64. The molecular formula is C67H118N12O15. The molecule has 11 amide bonds. The largest absolute Gasteiger partial charge is 0.390 e. The van der Waals surface area contributed by atoms with Crippen molar-refractivity contribution in [3.63, 3.8) is 0 Å². The topological polar surface area (TPSA) is 331 Å². The number of hydrogen-bond acceptors (Lipinski definition) is 15. The Kier molecular flexibility index (Phi) is 34.8. The van der Waals surface area contributed by atoms with Crippen molar-refractivity contribution < 1.29 is 67.5 Å². The molecule has 0 aromatic carbocycles. The molecule has 27 nitrogen and oxygen atoms in total. The van der Waals surface area contributed by atoms with Crippen LogP contribution in [0.25, 0.3) is 0 Å². The Bertz CT molecular complexity index is 2650. The molecule has 0 aromatic rings. The quantitative estimate of drug-likeness (QED) is 0.0623. The van der Waals surface area contributed by atoms with Gasteiger partial charge in [0.1, 0.15) is 66.5 Å². The molecule has 0 aromatic heterocycles. The average Bonchev–Trinajstić information content (AvgIpc) is 0.810. The minimum absolute atomic E-state index is 0.0150. The first-order valence-electron chi connectivity index (χ1n) is 33.1. The van der Waals surface area contributed by atoms with Crippen LogP contribution < -0.4 is 21.3 Å². The molecule has 13 atom stereocenters. The zero-order valence-electron chi connectivity index (χ0n) is 60.9. The molecule has 0 spiro atoms. The van der Waals surface area contributed by atoms with E-state index in [-0.39, 0.29) is 62.9 Å². The molecule has 0 bridgehead atoms. The van der Waals surface area contributed by atoms with Crippen molar-refractivity contribution in [2.45, 2.75) is 241 Å². The molecule has 1 heterocycles. The summed E-state index contributed by atoms with van der Waals surface area (Å²) in [7, 11) is 9.41. The summed E-state index contributed by atoms with van der Waals surface area (Å²) in [5, 5.41) is 35.2. The van der Waals surface area contributed by atoms with Gasteiger partial charge in [-0.1, -0.05) is 101 Å². The number of nitro groups is 1. The number of rotatable bonds is 21. The summed E-state index contributed by atoms with van der Waals surface area (Å²) in [6, 6.07) is -15.3. The van der Waals surface area contributed by atoms with E-state index in [1.54, 1.807) is 74.5 Å². The van der Waals surface area contributed by atoms with Crippen molar-refractivity contribution in [1.29, 1.82) is 0 Å². The van der Waals surface area contributed by atoms with Crippen molar-refractivity contribution in [3.8, 4) is 0 Å². The number of nitrogens with one attached hydrogen (secondary N) is 4. The maximum absolute atomic E-state index is 15.3. The highest BCUT2D eigenvalue weighted by Crippen LogP contribution is 2.27. The molecule has 1 unspecified atom stereocenters. The lowest BCUT2D eigenvalue weighted by Gasteiger charge is -2.41. The van der Waals surface area contributed by atoms with E-state index in [4.69, 9.17) is 4.74 Å². The van der Waals surface area contributed by atoms with E-state index >= 15 is 28.8 Å². The highest BCUT2D eigenvalue weighted by molar-refractivity contribution is 6.00. The lowest BCUT2D eigenvalue weighted by atomic mass is 9.91. The van der Waals surface area contributed by atoms with E-state index in [1.807, 2.05) is 41.5 Å². The van der Waals surface area contributed by atoms with Gasteiger partial charge in [0.25, 0.3) is 0 Å². The summed E-state index contributed by atoms with van der Waals surface area (Å²) >= 11 is 0. The molecule has 5 N–H and O–H groups in total. The van der Waals surface area contributed by atoms with Crippen molar-refractivity contribution in [2.24, 2.45) is 35.5 Å². The number of allylic oxidation sites excluding steroid dienone is 2. The summed E-state index contributed by atoms with van der Waals surface area (Å²) in [6.45, 7) is 31.7. The third-order valence-corrected chi connectivity index (χ3v) is 17.5. The Morgan fingerprint density at radius 3 is 1.46 bits per heavy atom. The highest BCUT2D eigenvalue weighted by atomic mass is 16.6. The van der Waals surface area contributed by atoms with Gasteiger partial charge in [-0.25, -0.2) is 0 Å². The first-order chi connectivity index (χ1) is 43.4. The highest BCUT2D eigenvalue weighted by Gasteiger charge is 2.47. The molecule has 27 heteroatoms. The molecule has 0 saturated carbocycles. The van der Waals surface area contributed by atoms with Crippen molar-refractivity contribution in [3.05, 3.63) is 34.9 Å². The van der Waals surface area contributed by atoms with E-state index in [0.29, 0.717) is 0 Å². The number of ether oxygens (including phenoxy) is 1. The summed E-state index contributed by atoms with van der Waals surface area (Å²) in [5.41, 5.74) is -1.20. The van der Waals surface area contributed by atoms with Crippen molar-refractivity contribution in [2.75, 3.05) is 62.5 Å². The molecular weight excluding hydrogens is 1210 g/mol. The van der Waals surface area contributed by atoms with E-state index in [9.17, 15) is 39.2 Å². The van der Waals surface area contributed by atoms with Crippen molar-refractivity contribution >= 4 is 65.0 Å². The molecule has 1 rings (SSSR count). The van der Waals surface area contributed by atoms with Gasteiger partial charge >= 0.3 is 0 Å². The maximum Gasteiger partial charge on any atom is 0.246 e. The van der Waals surface area contributed by atoms with Gasteiger partial charge in [-0.05, 0) is 102 Å². The molecule has 0 aliphatic carbocycles. The van der Waals surface area contributed by atoms with Crippen LogP contribution in [0, 0.1) is 45.6 Å². The van der Waals surface area contributed by atoms with Crippen molar-refractivity contribution in [1.82, 2.24) is 55.6 Å². The Labute approximate surface area is 559 Å². The van der Waals surface area contributed by atoms with Gasteiger partial charge in [-0.15, -0.1) is 6.58 Å². The monoisotopic (exact) mass is 1330 g/mol. The fraction of sp³-hybridized carbons (Fsp3) is 0.776. The number of carbonyl (C=O) groups excluding carboxylic acids is 11. The van der Waals surface area contributed by atoms with Gasteiger partial charge in [0.15, 0.2) is 0 Å². The number of aliphatic hydroxyl groups excluding tert-OH is 1. The number of carbonyl (C=O) groups is 11. The number of aliphatic hydroxyl groups is 1. The maximum atomic E-state index is 15.3. The Balaban J connectivity index is 4.61. The van der Waals surface area contributed by atoms with Gasteiger partial charge in [0.05, 0.1) is 18.3 Å². The van der Waals surface area contributed by atoms with Crippen LogP contribution in [0.2, 0.25) is 0 Å². The van der Waals surface area contributed by atoms with E-state index in [2.05, 4.69) is 27.8 Å². The number of nitrogens with zero attached hydrogens (tertiary/aromatic N) is 8. The summed E-state index contributed by atoms with van der Waals surface area (Å²) in [6.07, 6.45) is 2.97. The molecule has 1 saturated heterocycles. The SMILES string of the molecule is C=CCOC(C)(C)C[C@H]1C(=O)N[C@@H](C(C)C)C(=O)N(C)[C@@H](CC(C)C)C(=O)N[C@@H](C)C(=O)N[C@H](C)C(=O)N(C)[C@@H](CC(C)C)C(=O)N(C)[C@@H](CC(C)C)C(=O)N(C)[C@@H](C(C)C)C(=O)N(C)[C@@H]([C@H](O)[C@H](C)C/C=C/C)C(=O)N[C@@H](CC)C(=O)N(C)C(CC[N+](=O)[O-])C(=O)N1C. The molecule has 1 fully saturated rings. The second-order valence-electron chi connectivity index (χ2n) is 28.1. The van der Waals surface area contributed by atoms with Crippen LogP contribution in [-0.4, -0.2) is 250 Å². The predicted octanol–water partition coefficient (Wildman–Crippen LogP) is 3.63. The average molecular weight is 1330 g/mol. The normalized spacial score (nSPS) is 26.3. The van der Waals surface area contributed by atoms with E-state index in [1.165, 1.54) is 88.9 Å². The van der Waals surface area contributed by atoms with Crippen LogP contribution in [0.5, 0.6) is 0 Å². The molecule has 1 aliphatic heterocycles. The Morgan fingerprint density at radius 1 is 0.553 bits per heavy atom. The summed E-state index contributed by atoms with van der Waals surface area (Å²) < 4.78 is 6.05. The summed E-state index contributed by atoms with van der Waals surface area (Å²) in [5.74, 6) is -11.3. The number of likely N-dealkylation sites (N-methyl/N-ethyl adjacent to an activating group) is 7. The Morgan fingerprint density at radius 2 is 0.989 bits per heavy atom. The molecule has 1 aliphatic rings. The second-order valence-corrected chi connectivity index (χ2v) is 28.1. The minimum atomic E-state index is -1.73. The molecule has 0 radical (unpaired) electrons. The number of hydrogen-bond donors (Lipinski definition) is 5. The van der Waals surface area contributed by atoms with Gasteiger partial charge in [0, 0.05) is 67.1 Å². The molecule has 536 valence electrons. The second kappa shape index (κ2) is 38.5. The van der Waals surface area contributed by atoms with Crippen LogP contribution in [0.15, 0.2) is 24.8 Å². The fourth-order valence-corrected chi connectivity index (χ4v) is 11.7. The van der Waals surface area contributed by atoms with Gasteiger partial charge in [-0.2, -0.15) is 0 Å². The van der Waals surface area contributed by atoms with Gasteiger partial charge in [0.2, 0.25) is 71.5 Å². The Hall–Kier alpha value is -7.03. The van der Waals surface area contributed by atoms with Gasteiger partial charge in [-0.3, -0.25) is 62.9 Å². The smallest absolute Gasteiger partial charge is 0.246 e. The fourth-order valence-electron chi connectivity index (χ4n) is 11.7. The van der Waals surface area contributed by atoms with E-state index < -0.39 is 179 Å². The zero-order chi connectivity index (χ0) is 72.9. The zero-order valence-corrected chi connectivity index (χ0v) is 60.9. The first-order valence-corrected chi connectivity index (χ1v) is 33.1. The third-order valence-electron chi connectivity index (χ3n) is 17.5. The van der Waals surface area contributed by atoms with E-state index in [0.717, 1.165) is 14.7 Å². The van der Waals surface area contributed by atoms with Crippen LogP contribution >= 0.6 is 0 Å². The van der Waals surface area contributed by atoms with Crippen LogP contribution in [0.3, 0.4) is 0 Å². The summed E-state index contributed by atoms with van der Waals surface area (Å²) in [4.78, 5) is 183.